The molecule has 104 heavy (non-hydrogen) atoms. The Labute approximate surface area is 622 Å². The summed E-state index contributed by atoms with van der Waals surface area (Å²) in [6, 6.07) is 105. The van der Waals surface area contributed by atoms with E-state index >= 15 is 0 Å². The minimum absolute atomic E-state index is 0.0111. The third-order valence-corrected chi connectivity index (χ3v) is 26.4. The summed E-state index contributed by atoms with van der Waals surface area (Å²) >= 11 is 0. The maximum atomic E-state index is 10.1. The number of ether oxygens (including phenoxy) is 1. The van der Waals surface area contributed by atoms with Crippen molar-refractivity contribution in [2.24, 2.45) is 0 Å². The van der Waals surface area contributed by atoms with Gasteiger partial charge in [0.25, 0.3) is 6.71 Å². The summed E-state index contributed by atoms with van der Waals surface area (Å²) in [7, 11) is -3.42. The van der Waals surface area contributed by atoms with Crippen molar-refractivity contribution in [3.8, 4) is 72.8 Å². The monoisotopic (exact) mass is 1360 g/mol. The summed E-state index contributed by atoms with van der Waals surface area (Å²) in [5, 5.41) is 4.57. The second kappa shape index (κ2) is 24.5. The van der Waals surface area contributed by atoms with Gasteiger partial charge in [0.05, 0.1) is 27.7 Å². The van der Waals surface area contributed by atoms with Gasteiger partial charge in [0.1, 0.15) is 11.5 Å². The van der Waals surface area contributed by atoms with E-state index in [2.05, 4.69) is 330 Å². The number of hydrogen-bond acceptors (Lipinski definition) is 3. The molecule has 0 radical (unpaired) electrons. The van der Waals surface area contributed by atoms with E-state index in [1.807, 2.05) is 24.3 Å². The molecule has 3 aliphatic rings. The highest BCUT2D eigenvalue weighted by Crippen LogP contribution is 2.51. The lowest BCUT2D eigenvalue weighted by atomic mass is 9.33. The Balaban J connectivity index is 1.03. The predicted molar refractivity (Wildman–Crippen MR) is 443 cm³/mol. The van der Waals surface area contributed by atoms with Gasteiger partial charge in [-0.2, -0.15) is 0 Å². The van der Waals surface area contributed by atoms with Crippen molar-refractivity contribution in [1.82, 2.24) is 4.57 Å². The molecule has 0 atom stereocenters. The van der Waals surface area contributed by atoms with Crippen LogP contribution in [0.4, 0.5) is 34.1 Å². The number of para-hydroxylation sites is 3. The van der Waals surface area contributed by atoms with Crippen molar-refractivity contribution in [3.63, 3.8) is 0 Å². The molecule has 3 aliphatic heterocycles. The maximum Gasteiger partial charge on any atom is 0.252 e. The minimum Gasteiger partial charge on any atom is -0.457 e. The number of nitrogens with zero attached hydrogens (tertiary/aromatic N) is 3. The Bertz CT molecular complexity index is 6290. The van der Waals surface area contributed by atoms with E-state index < -0.39 is 63.1 Å². The summed E-state index contributed by atoms with van der Waals surface area (Å²) in [4.78, 5) is 4.76. The van der Waals surface area contributed by atoms with Crippen LogP contribution in [0, 0.1) is 0 Å². The molecule has 4 nitrogen and oxygen atoms in total. The summed E-state index contributed by atoms with van der Waals surface area (Å²) in [5.74, 6) is 1.47. The number of hydrogen-bond donors (Lipinski definition) is 0. The molecule has 4 heterocycles. The van der Waals surface area contributed by atoms with Crippen molar-refractivity contribution in [2.45, 2.75) is 52.4 Å². The number of anilines is 6. The van der Waals surface area contributed by atoms with Crippen LogP contribution in [0.15, 0.2) is 352 Å². The molecule has 19 rings (SSSR count). The average Bonchev–Trinajstić information content (AvgIpc) is 0.910. The third-order valence-electron chi connectivity index (χ3n) is 21.6. The van der Waals surface area contributed by atoms with Gasteiger partial charge in [0.2, 0.25) is 0 Å². The van der Waals surface area contributed by atoms with Gasteiger partial charge in [-0.15, -0.1) is 0 Å². The molecular weight excluding hydrogens is 1270 g/mol. The Hall–Kier alpha value is -12.2. The van der Waals surface area contributed by atoms with Gasteiger partial charge < -0.3 is 19.1 Å². The largest absolute Gasteiger partial charge is 0.457 e. The van der Waals surface area contributed by atoms with Crippen molar-refractivity contribution < 1.29 is 15.7 Å². The Morgan fingerprint density at radius 1 is 0.317 bits per heavy atom. The van der Waals surface area contributed by atoms with Crippen molar-refractivity contribution in [1.29, 1.82) is 0 Å². The number of rotatable bonds is 10. The summed E-state index contributed by atoms with van der Waals surface area (Å²) in [5.41, 5.74) is 20.1. The first-order valence-corrected chi connectivity index (χ1v) is 37.8. The SMILES string of the molecule is [2H]c1c([2H])c([2H])c2c(c1[2H])c1c([2H])c([2H])c([2H])c([2H])c1n2-c1cc2c3c(c1)N(c1cc(-c4ccccc4)cc(-c4ccccc4)c1)c1cc4c(cc1B3c1ccc(-c3cc(C(C)(C)C)cc(C(C)(C)C)c3)cc1N2c1cc(-c2ccccc2)cc(-c2ccccc2)c1)[Si](c1ccccc1)(c1ccccc1)c1ccccc1O4. The normalized spacial score (nSPS) is 14.5. The predicted octanol–water partition coefficient (Wildman–Crippen LogP) is 21.3. The van der Waals surface area contributed by atoms with E-state index in [4.69, 9.17) is 4.74 Å². The second-order valence-electron chi connectivity index (χ2n) is 29.8. The van der Waals surface area contributed by atoms with E-state index in [9.17, 15) is 11.0 Å². The Morgan fingerprint density at radius 2 is 0.731 bits per heavy atom. The van der Waals surface area contributed by atoms with Crippen LogP contribution in [0.5, 0.6) is 11.5 Å². The molecule has 0 saturated carbocycles. The molecule has 16 aromatic rings. The van der Waals surface area contributed by atoms with E-state index in [0.717, 1.165) is 117 Å². The zero-order valence-corrected chi connectivity index (χ0v) is 59.7. The van der Waals surface area contributed by atoms with Gasteiger partial charge in [-0.3, -0.25) is 0 Å². The molecule has 0 N–H and O–H groups in total. The van der Waals surface area contributed by atoms with Crippen molar-refractivity contribution in [3.05, 3.63) is 363 Å². The third kappa shape index (κ3) is 10.3. The lowest BCUT2D eigenvalue weighted by molar-refractivity contribution is 0.487. The van der Waals surface area contributed by atoms with Crippen LogP contribution < -0.4 is 51.7 Å². The van der Waals surface area contributed by atoms with E-state index in [0.29, 0.717) is 17.1 Å². The lowest BCUT2D eigenvalue weighted by Crippen LogP contribution is -2.77. The Morgan fingerprint density at radius 3 is 1.19 bits per heavy atom. The fraction of sp³-hybridized carbons (Fsp3) is 0.0816. The highest BCUT2D eigenvalue weighted by molar-refractivity contribution is 7.21. The van der Waals surface area contributed by atoms with E-state index in [1.165, 1.54) is 21.5 Å². The van der Waals surface area contributed by atoms with Gasteiger partial charge in [-0.05, 0) is 187 Å². The highest BCUT2D eigenvalue weighted by Gasteiger charge is 2.51. The fourth-order valence-electron chi connectivity index (χ4n) is 16.5. The van der Waals surface area contributed by atoms with Crippen molar-refractivity contribution in [2.75, 3.05) is 9.80 Å². The molecule has 0 aliphatic carbocycles. The van der Waals surface area contributed by atoms with Crippen LogP contribution in [-0.4, -0.2) is 19.4 Å². The number of fused-ring (bicyclic) bond motifs is 9. The zero-order valence-electron chi connectivity index (χ0n) is 66.7. The molecule has 0 amide bonds. The van der Waals surface area contributed by atoms with Crippen LogP contribution in [0.2, 0.25) is 0 Å². The van der Waals surface area contributed by atoms with Gasteiger partial charge in [-0.1, -0.05) is 314 Å². The first kappa shape index (κ1) is 54.5. The minimum atomic E-state index is -3.42. The number of aromatic nitrogens is 1. The topological polar surface area (TPSA) is 20.6 Å². The Kier molecular flexibility index (Phi) is 12.9. The zero-order chi connectivity index (χ0) is 77.0. The van der Waals surface area contributed by atoms with Crippen LogP contribution in [0.1, 0.15) is 63.6 Å². The molecule has 0 unspecified atom stereocenters. The van der Waals surface area contributed by atoms with Crippen LogP contribution in [0.3, 0.4) is 0 Å². The molecule has 0 bridgehead atoms. The van der Waals surface area contributed by atoms with Crippen LogP contribution >= 0.6 is 0 Å². The number of benzene rings is 15. The summed E-state index contributed by atoms with van der Waals surface area (Å²) < 4.78 is 86.8. The van der Waals surface area contributed by atoms with E-state index in [1.54, 1.807) is 4.57 Å². The quantitative estimate of drug-likeness (QED) is 0.127. The average molecular weight is 1360 g/mol. The maximum absolute atomic E-state index is 10.1. The lowest BCUT2D eigenvalue weighted by Gasteiger charge is -2.46. The molecule has 0 fully saturated rings. The molecule has 496 valence electrons. The van der Waals surface area contributed by atoms with Gasteiger partial charge in [-0.25, -0.2) is 0 Å². The van der Waals surface area contributed by atoms with Gasteiger partial charge in [0, 0.05) is 51.0 Å². The second-order valence-corrected chi connectivity index (χ2v) is 33.6. The molecular formula is C98H76BN3OSi. The van der Waals surface area contributed by atoms with E-state index in [-0.39, 0.29) is 32.6 Å². The molecule has 1 aromatic heterocycles. The van der Waals surface area contributed by atoms with Gasteiger partial charge in [0.15, 0.2) is 8.07 Å². The standard InChI is InChI=1S/C98H76BN3OSi/c1-97(2,3)75-53-74(54-76(60-75)98(4,5)6)69-49-50-84-88(59-69)101(77-55-70(65-31-13-7-14-32-65)51-71(56-77)66-33-15-8-16-34-66)90-61-79(100-86-45-27-25-43-82(86)83-44-26-28-46-87(83)100)62-91-96(90)99(84)85-63-95-93(103-92-47-29-30-48-94(92)104(95,80-39-21-11-22-40-80)81-41-23-12-24-42-81)64-89(85)102(91)78-57-72(67-35-17-9-18-36-67)52-73(58-78)68-37-19-10-20-38-68/h7-64H,1-6H3/i25D,26D,27D,28D,43D,44D,45D,46D. The fourth-order valence-corrected chi connectivity index (χ4v) is 21.5. The smallest absolute Gasteiger partial charge is 0.252 e. The summed E-state index contributed by atoms with van der Waals surface area (Å²) in [6.07, 6.45) is 0. The van der Waals surface area contributed by atoms with Crippen molar-refractivity contribution >= 4 is 108 Å². The first-order valence-electron chi connectivity index (χ1n) is 39.8. The molecule has 0 spiro atoms. The van der Waals surface area contributed by atoms with Crippen LogP contribution in [0.25, 0.3) is 83.1 Å². The molecule has 0 saturated heterocycles. The van der Waals surface area contributed by atoms with Gasteiger partial charge >= 0.3 is 0 Å². The van der Waals surface area contributed by atoms with Crippen LogP contribution in [-0.2, 0) is 10.8 Å². The summed E-state index contributed by atoms with van der Waals surface area (Å²) in [6.45, 7) is 13.1. The molecule has 6 heteroatoms. The molecule has 15 aromatic carbocycles. The highest BCUT2D eigenvalue weighted by atomic mass is 28.3. The first-order chi connectivity index (χ1) is 54.1.